The summed E-state index contributed by atoms with van der Waals surface area (Å²) in [5.74, 6) is 0.680. The minimum atomic E-state index is 0.680. The lowest BCUT2D eigenvalue weighted by molar-refractivity contribution is 0.301. The molecule has 0 rings (SSSR count). The number of hydrogen-bond donors (Lipinski definition) is 1. The van der Waals surface area contributed by atoms with Crippen LogP contribution in [0, 0.1) is 0 Å². The highest BCUT2D eigenvalue weighted by Crippen LogP contribution is 2.06. The molecule has 2 nitrogen and oxygen atoms in total. The molecule has 0 fully saturated rings. The molecule has 0 bridgehead atoms. The summed E-state index contributed by atoms with van der Waals surface area (Å²) in [6.07, 6.45) is 3.60. The molecule has 0 amide bonds. The highest BCUT2D eigenvalue weighted by molar-refractivity contribution is 5.27. The molecule has 0 aromatic carbocycles. The van der Waals surface area contributed by atoms with Crippen molar-refractivity contribution in [2.24, 2.45) is 0 Å². The molecule has 2 heteroatoms. The monoisotopic (exact) mass is 183 g/mol. The van der Waals surface area contributed by atoms with E-state index in [1.807, 2.05) is 27.0 Å². The Morgan fingerprint density at radius 1 is 1.46 bits per heavy atom. The second kappa shape index (κ2) is 11.0. The standard InChI is InChI=1S/C9H15NO.C2H6/c1-5-6-9(7-10-3)8(2)11-4;1-2/h5-6,10H,1-2,7H2,3-4H3;1-2H3/b9-6-;. The van der Waals surface area contributed by atoms with Gasteiger partial charge < -0.3 is 10.1 Å². The lowest BCUT2D eigenvalue weighted by Crippen LogP contribution is -2.12. The van der Waals surface area contributed by atoms with E-state index in [1.54, 1.807) is 13.2 Å². The van der Waals surface area contributed by atoms with Gasteiger partial charge in [0.15, 0.2) is 0 Å². The molecule has 0 aliphatic rings. The second-order valence-corrected chi connectivity index (χ2v) is 2.09. The molecule has 0 saturated carbocycles. The van der Waals surface area contributed by atoms with Crippen molar-refractivity contribution in [2.45, 2.75) is 13.8 Å². The van der Waals surface area contributed by atoms with Crippen molar-refractivity contribution in [1.82, 2.24) is 5.32 Å². The smallest absolute Gasteiger partial charge is 0.116 e. The minimum absolute atomic E-state index is 0.680. The van der Waals surface area contributed by atoms with Gasteiger partial charge in [-0.1, -0.05) is 39.2 Å². The lowest BCUT2D eigenvalue weighted by atomic mass is 10.2. The molecule has 0 spiro atoms. The van der Waals surface area contributed by atoms with Gasteiger partial charge in [-0.2, -0.15) is 0 Å². The van der Waals surface area contributed by atoms with E-state index in [0.29, 0.717) is 5.76 Å². The van der Waals surface area contributed by atoms with E-state index in [4.69, 9.17) is 4.74 Å². The average Bonchev–Trinajstić information content (AvgIpc) is 2.19. The average molecular weight is 183 g/mol. The van der Waals surface area contributed by atoms with Crippen LogP contribution in [0.4, 0.5) is 0 Å². The van der Waals surface area contributed by atoms with Gasteiger partial charge in [-0.05, 0) is 7.05 Å². The molecule has 1 N–H and O–H groups in total. The van der Waals surface area contributed by atoms with Crippen molar-refractivity contribution in [2.75, 3.05) is 20.7 Å². The Morgan fingerprint density at radius 3 is 2.31 bits per heavy atom. The van der Waals surface area contributed by atoms with E-state index in [1.165, 1.54) is 0 Å². The fourth-order valence-electron chi connectivity index (χ4n) is 0.714. The van der Waals surface area contributed by atoms with E-state index >= 15 is 0 Å². The quantitative estimate of drug-likeness (QED) is 0.522. The Morgan fingerprint density at radius 2 is 2.00 bits per heavy atom. The molecule has 0 unspecified atom stereocenters. The summed E-state index contributed by atoms with van der Waals surface area (Å²) in [5, 5.41) is 3.01. The summed E-state index contributed by atoms with van der Waals surface area (Å²) in [6, 6.07) is 0. The third-order valence-corrected chi connectivity index (χ3v) is 1.29. The van der Waals surface area contributed by atoms with Crippen LogP contribution in [0.25, 0.3) is 0 Å². The third kappa shape index (κ3) is 7.34. The molecule has 0 aromatic heterocycles. The van der Waals surface area contributed by atoms with Gasteiger partial charge in [-0.25, -0.2) is 0 Å². The highest BCUT2D eigenvalue weighted by Gasteiger charge is 1.98. The topological polar surface area (TPSA) is 21.3 Å². The Hall–Kier alpha value is -1.02. The molecule has 76 valence electrons. The first kappa shape index (κ1) is 14.5. The maximum Gasteiger partial charge on any atom is 0.116 e. The molecular formula is C11H21NO. The van der Waals surface area contributed by atoms with E-state index < -0.39 is 0 Å². The Kier molecular flexibility index (Phi) is 12.2. The fraction of sp³-hybridized carbons (Fsp3) is 0.455. The van der Waals surface area contributed by atoms with Crippen molar-refractivity contribution < 1.29 is 4.74 Å². The number of rotatable bonds is 5. The summed E-state index contributed by atoms with van der Waals surface area (Å²) in [6.45, 7) is 12.1. The van der Waals surface area contributed by atoms with Gasteiger partial charge in [-0.3, -0.25) is 0 Å². The summed E-state index contributed by atoms with van der Waals surface area (Å²) in [7, 11) is 3.48. The zero-order valence-electron chi connectivity index (χ0n) is 9.18. The summed E-state index contributed by atoms with van der Waals surface area (Å²) >= 11 is 0. The van der Waals surface area contributed by atoms with Gasteiger partial charge in [0.1, 0.15) is 5.76 Å². The van der Waals surface area contributed by atoms with Gasteiger partial charge in [0.25, 0.3) is 0 Å². The Bertz CT molecular complexity index is 171. The van der Waals surface area contributed by atoms with Crippen LogP contribution in [0.1, 0.15) is 13.8 Å². The molecule has 0 heterocycles. The van der Waals surface area contributed by atoms with Crippen LogP contribution >= 0.6 is 0 Å². The van der Waals surface area contributed by atoms with E-state index in [2.05, 4.69) is 18.5 Å². The van der Waals surface area contributed by atoms with Crippen LogP contribution in [0.3, 0.4) is 0 Å². The first-order valence-electron chi connectivity index (χ1n) is 4.45. The number of nitrogens with one attached hydrogen (secondary N) is 1. The first-order chi connectivity index (χ1) is 6.26. The SMILES string of the molecule is C=C/C=C(/CNC)C(=C)OC.CC. The predicted molar refractivity (Wildman–Crippen MR) is 59.7 cm³/mol. The normalized spacial score (nSPS) is 9.69. The van der Waals surface area contributed by atoms with E-state index in [-0.39, 0.29) is 0 Å². The van der Waals surface area contributed by atoms with Crippen LogP contribution in [-0.2, 0) is 4.74 Å². The van der Waals surface area contributed by atoms with E-state index in [0.717, 1.165) is 12.1 Å². The number of ether oxygens (including phenoxy) is 1. The van der Waals surface area contributed by atoms with E-state index in [9.17, 15) is 0 Å². The van der Waals surface area contributed by atoms with Crippen molar-refractivity contribution in [3.05, 3.63) is 36.6 Å². The molecule has 0 saturated heterocycles. The summed E-state index contributed by atoms with van der Waals surface area (Å²) < 4.78 is 4.97. The Balaban J connectivity index is 0. The lowest BCUT2D eigenvalue weighted by Gasteiger charge is -2.07. The zero-order valence-corrected chi connectivity index (χ0v) is 9.18. The van der Waals surface area contributed by atoms with Crippen LogP contribution in [-0.4, -0.2) is 20.7 Å². The van der Waals surface area contributed by atoms with Gasteiger partial charge in [-0.15, -0.1) is 0 Å². The molecule has 0 atom stereocenters. The highest BCUT2D eigenvalue weighted by atomic mass is 16.5. The van der Waals surface area contributed by atoms with Gasteiger partial charge in [0, 0.05) is 12.1 Å². The van der Waals surface area contributed by atoms with Crippen LogP contribution in [0.5, 0.6) is 0 Å². The summed E-state index contributed by atoms with van der Waals surface area (Å²) in [4.78, 5) is 0. The predicted octanol–water partition coefficient (Wildman–Crippen LogP) is 2.50. The molecule has 13 heavy (non-hydrogen) atoms. The van der Waals surface area contributed by atoms with Gasteiger partial charge in [0.05, 0.1) is 7.11 Å². The second-order valence-electron chi connectivity index (χ2n) is 2.09. The number of allylic oxidation sites excluding steroid dienone is 2. The van der Waals surface area contributed by atoms with Gasteiger partial charge >= 0.3 is 0 Å². The third-order valence-electron chi connectivity index (χ3n) is 1.29. The molecule has 0 aliphatic carbocycles. The van der Waals surface area contributed by atoms with Crippen molar-refractivity contribution in [3.63, 3.8) is 0 Å². The minimum Gasteiger partial charge on any atom is -0.497 e. The molecular weight excluding hydrogens is 162 g/mol. The van der Waals surface area contributed by atoms with Crippen molar-refractivity contribution >= 4 is 0 Å². The number of hydrogen-bond acceptors (Lipinski definition) is 2. The molecule has 0 radical (unpaired) electrons. The zero-order chi connectivity index (χ0) is 10.7. The fourth-order valence-corrected chi connectivity index (χ4v) is 0.714. The Labute approximate surface area is 82.0 Å². The molecule has 0 aliphatic heterocycles. The van der Waals surface area contributed by atoms with Crippen LogP contribution < -0.4 is 5.32 Å². The number of likely N-dealkylation sites (N-methyl/N-ethyl adjacent to an activating group) is 1. The maximum atomic E-state index is 4.97. The number of methoxy groups -OCH3 is 1. The summed E-state index contributed by atoms with van der Waals surface area (Å²) in [5.41, 5.74) is 1.02. The van der Waals surface area contributed by atoms with Crippen LogP contribution in [0.15, 0.2) is 36.6 Å². The van der Waals surface area contributed by atoms with Crippen molar-refractivity contribution in [1.29, 1.82) is 0 Å². The van der Waals surface area contributed by atoms with Gasteiger partial charge in [0.2, 0.25) is 0 Å². The first-order valence-corrected chi connectivity index (χ1v) is 4.45. The molecule has 0 aromatic rings. The van der Waals surface area contributed by atoms with Crippen molar-refractivity contribution in [3.8, 4) is 0 Å². The largest absolute Gasteiger partial charge is 0.497 e. The van der Waals surface area contributed by atoms with Crippen LogP contribution in [0.2, 0.25) is 0 Å². The maximum absolute atomic E-state index is 4.97.